The van der Waals surface area contributed by atoms with Crippen molar-refractivity contribution in [3.63, 3.8) is 0 Å². The van der Waals surface area contributed by atoms with Gasteiger partial charge in [-0.3, -0.25) is 0 Å². The Hall–Kier alpha value is -2.10. The molecule has 0 atom stereocenters. The number of benzene rings is 1. The van der Waals surface area contributed by atoms with Crippen molar-refractivity contribution in [3.8, 4) is 0 Å². The van der Waals surface area contributed by atoms with Gasteiger partial charge in [0, 0.05) is 0 Å². The van der Waals surface area contributed by atoms with Crippen LogP contribution in [0.5, 0.6) is 0 Å². The first-order valence-electron chi connectivity index (χ1n) is 4.31. The van der Waals surface area contributed by atoms with Gasteiger partial charge in [-0.25, -0.2) is 4.79 Å². The molecule has 1 aromatic carbocycles. The minimum Gasteiger partial charge on any atom is -0.476 e. The molecule has 1 rings (SSSR count). The Morgan fingerprint density at radius 2 is 2.07 bits per heavy atom. The second-order valence-electron chi connectivity index (χ2n) is 2.71. The number of hydrogen-bond donors (Lipinski definition) is 1. The summed E-state index contributed by atoms with van der Waals surface area (Å²) >= 11 is 0. The topological polar surface area (TPSA) is 58.9 Å². The van der Waals surface area contributed by atoms with E-state index in [0.717, 1.165) is 5.56 Å². The van der Waals surface area contributed by atoms with Crippen LogP contribution in [0.4, 0.5) is 0 Å². The highest BCUT2D eigenvalue weighted by atomic mass is 16.6. The summed E-state index contributed by atoms with van der Waals surface area (Å²) in [5, 5.41) is 12.1. The number of carbonyl (C=O) groups is 1. The van der Waals surface area contributed by atoms with Crippen molar-refractivity contribution in [1.29, 1.82) is 0 Å². The summed E-state index contributed by atoms with van der Waals surface area (Å²) in [4.78, 5) is 15.1. The molecule has 15 heavy (non-hydrogen) atoms. The Labute approximate surface area is 87.5 Å². The molecule has 0 aliphatic rings. The summed E-state index contributed by atoms with van der Waals surface area (Å²) in [5.74, 6) is -1.12. The molecule has 0 saturated carbocycles. The molecule has 4 nitrogen and oxygen atoms in total. The molecule has 78 valence electrons. The van der Waals surface area contributed by atoms with Crippen molar-refractivity contribution in [2.75, 3.05) is 7.11 Å². The van der Waals surface area contributed by atoms with Crippen LogP contribution in [-0.4, -0.2) is 23.9 Å². The van der Waals surface area contributed by atoms with Crippen molar-refractivity contribution < 1.29 is 14.7 Å². The second kappa shape index (κ2) is 5.59. The Morgan fingerprint density at radius 3 is 2.60 bits per heavy atom. The molecule has 0 fully saturated rings. The van der Waals surface area contributed by atoms with E-state index in [9.17, 15) is 4.79 Å². The standard InChI is InChI=1S/C11H11NO3/c1-15-12-10(11(13)14)8-7-9-5-3-2-4-6-9/h2-8H,1H3,(H,13,14)/b8-7+,12-10?. The molecule has 0 aliphatic carbocycles. The molecule has 0 aliphatic heterocycles. The van der Waals surface area contributed by atoms with Gasteiger partial charge in [-0.2, -0.15) is 0 Å². The number of nitrogens with zero attached hydrogens (tertiary/aromatic N) is 1. The molecule has 1 N–H and O–H groups in total. The smallest absolute Gasteiger partial charge is 0.357 e. The average Bonchev–Trinajstić information content (AvgIpc) is 2.25. The van der Waals surface area contributed by atoms with Gasteiger partial charge in [0.25, 0.3) is 0 Å². The van der Waals surface area contributed by atoms with Gasteiger partial charge in [-0.05, 0) is 11.6 Å². The summed E-state index contributed by atoms with van der Waals surface area (Å²) in [7, 11) is 1.30. The first kappa shape index (κ1) is 11.0. The van der Waals surface area contributed by atoms with E-state index in [1.165, 1.54) is 13.2 Å². The monoisotopic (exact) mass is 205 g/mol. The van der Waals surface area contributed by atoms with E-state index in [0.29, 0.717) is 0 Å². The molecule has 0 aromatic heterocycles. The maximum absolute atomic E-state index is 10.6. The predicted octanol–water partition coefficient (Wildman–Crippen LogP) is 1.79. The van der Waals surface area contributed by atoms with Crippen LogP contribution in [0, 0.1) is 0 Å². The molecule has 0 saturated heterocycles. The van der Waals surface area contributed by atoms with Crippen molar-refractivity contribution in [2.24, 2.45) is 5.16 Å². The molecule has 0 bridgehead atoms. The number of oxime groups is 1. The Kier molecular flexibility index (Phi) is 4.09. The van der Waals surface area contributed by atoms with E-state index in [2.05, 4.69) is 9.99 Å². The van der Waals surface area contributed by atoms with Crippen LogP contribution in [0.15, 0.2) is 41.6 Å². The van der Waals surface area contributed by atoms with Crippen LogP contribution < -0.4 is 0 Å². The lowest BCUT2D eigenvalue weighted by molar-refractivity contribution is -0.129. The van der Waals surface area contributed by atoms with Crippen molar-refractivity contribution in [2.45, 2.75) is 0 Å². The van der Waals surface area contributed by atoms with Gasteiger partial charge < -0.3 is 9.94 Å². The minimum atomic E-state index is -1.12. The molecule has 0 spiro atoms. The van der Waals surface area contributed by atoms with Gasteiger partial charge in [0.15, 0.2) is 5.71 Å². The predicted molar refractivity (Wildman–Crippen MR) is 57.6 cm³/mol. The lowest BCUT2D eigenvalue weighted by atomic mass is 10.2. The zero-order chi connectivity index (χ0) is 11.1. The number of carboxylic acid groups (broad SMARTS) is 1. The van der Waals surface area contributed by atoms with E-state index in [-0.39, 0.29) is 5.71 Å². The molecular weight excluding hydrogens is 194 g/mol. The Bertz CT molecular complexity index is 382. The SMILES string of the molecule is CON=C(/C=C/c1ccccc1)C(=O)O. The fraction of sp³-hybridized carbons (Fsp3) is 0.0909. The van der Waals surface area contributed by atoms with Gasteiger partial charge in [0.05, 0.1) is 0 Å². The summed E-state index contributed by atoms with van der Waals surface area (Å²) in [6.07, 6.45) is 3.05. The Morgan fingerprint density at radius 1 is 1.40 bits per heavy atom. The van der Waals surface area contributed by atoms with Crippen LogP contribution >= 0.6 is 0 Å². The molecule has 0 amide bonds. The minimum absolute atomic E-state index is 0.138. The average molecular weight is 205 g/mol. The van der Waals surface area contributed by atoms with Gasteiger partial charge in [0.1, 0.15) is 7.11 Å². The lowest BCUT2D eigenvalue weighted by Gasteiger charge is -1.93. The van der Waals surface area contributed by atoms with Gasteiger partial charge in [-0.15, -0.1) is 0 Å². The molecule has 1 aromatic rings. The largest absolute Gasteiger partial charge is 0.476 e. The van der Waals surface area contributed by atoms with E-state index in [1.54, 1.807) is 6.08 Å². The normalized spacial score (nSPS) is 11.7. The van der Waals surface area contributed by atoms with Crippen LogP contribution in [-0.2, 0) is 9.63 Å². The summed E-state index contributed by atoms with van der Waals surface area (Å²) in [5.41, 5.74) is 0.768. The zero-order valence-corrected chi connectivity index (χ0v) is 8.25. The number of carboxylic acids is 1. The highest BCUT2D eigenvalue weighted by Crippen LogP contribution is 2.01. The number of hydrogen-bond acceptors (Lipinski definition) is 3. The fourth-order valence-electron chi connectivity index (χ4n) is 0.978. The van der Waals surface area contributed by atoms with Crippen molar-refractivity contribution in [3.05, 3.63) is 42.0 Å². The van der Waals surface area contributed by atoms with Gasteiger partial charge in [0.2, 0.25) is 0 Å². The van der Waals surface area contributed by atoms with Crippen LogP contribution in [0.25, 0.3) is 6.08 Å². The third-order valence-electron chi connectivity index (χ3n) is 1.64. The number of aliphatic carboxylic acids is 1. The summed E-state index contributed by atoms with van der Waals surface area (Å²) in [6, 6.07) is 9.35. The maximum atomic E-state index is 10.6. The molecular formula is C11H11NO3. The molecule has 0 radical (unpaired) electrons. The zero-order valence-electron chi connectivity index (χ0n) is 8.25. The van der Waals surface area contributed by atoms with Gasteiger partial charge in [-0.1, -0.05) is 41.6 Å². The molecule has 0 heterocycles. The van der Waals surface area contributed by atoms with E-state index in [1.807, 2.05) is 30.3 Å². The van der Waals surface area contributed by atoms with E-state index in [4.69, 9.17) is 5.11 Å². The highest BCUT2D eigenvalue weighted by Gasteiger charge is 2.04. The van der Waals surface area contributed by atoms with E-state index < -0.39 is 5.97 Å². The Balaban J connectivity index is 2.80. The van der Waals surface area contributed by atoms with Crippen LogP contribution in [0.1, 0.15) is 5.56 Å². The lowest BCUT2D eigenvalue weighted by Crippen LogP contribution is -2.09. The molecule has 4 heteroatoms. The highest BCUT2D eigenvalue weighted by molar-refractivity contribution is 6.40. The van der Waals surface area contributed by atoms with Crippen LogP contribution in [0.3, 0.4) is 0 Å². The second-order valence-corrected chi connectivity index (χ2v) is 2.71. The summed E-state index contributed by atoms with van der Waals surface area (Å²) in [6.45, 7) is 0. The van der Waals surface area contributed by atoms with Crippen molar-refractivity contribution in [1.82, 2.24) is 0 Å². The first-order valence-corrected chi connectivity index (χ1v) is 4.31. The third kappa shape index (κ3) is 3.64. The summed E-state index contributed by atoms with van der Waals surface area (Å²) < 4.78 is 0. The number of rotatable bonds is 4. The van der Waals surface area contributed by atoms with E-state index >= 15 is 0 Å². The van der Waals surface area contributed by atoms with Crippen LogP contribution in [0.2, 0.25) is 0 Å². The molecule has 0 unspecified atom stereocenters. The van der Waals surface area contributed by atoms with Crippen molar-refractivity contribution >= 4 is 17.8 Å². The quantitative estimate of drug-likeness (QED) is 0.602. The maximum Gasteiger partial charge on any atom is 0.357 e. The first-order chi connectivity index (χ1) is 7.24. The fourth-order valence-corrected chi connectivity index (χ4v) is 0.978. The van der Waals surface area contributed by atoms with Gasteiger partial charge >= 0.3 is 5.97 Å². The third-order valence-corrected chi connectivity index (χ3v) is 1.64.